The molecule has 5 nitrogen and oxygen atoms in total. The summed E-state index contributed by atoms with van der Waals surface area (Å²) in [5.74, 6) is 2.35. The van der Waals surface area contributed by atoms with Crippen LogP contribution in [0, 0.1) is 5.92 Å². The van der Waals surface area contributed by atoms with Gasteiger partial charge in [0.1, 0.15) is 11.5 Å². The molecule has 6 heteroatoms. The minimum Gasteiger partial charge on any atom is -0.508 e. The van der Waals surface area contributed by atoms with Crippen LogP contribution in [0.3, 0.4) is 0 Å². The van der Waals surface area contributed by atoms with Crippen molar-refractivity contribution < 1.29 is 9.84 Å². The van der Waals surface area contributed by atoms with Gasteiger partial charge in [0, 0.05) is 29.2 Å². The normalized spacial score (nSPS) is 12.0. The summed E-state index contributed by atoms with van der Waals surface area (Å²) in [7, 11) is 0. The Balaban J connectivity index is 1.87. The second kappa shape index (κ2) is 9.70. The molecule has 0 saturated carbocycles. The zero-order valence-corrected chi connectivity index (χ0v) is 17.9. The van der Waals surface area contributed by atoms with Crippen LogP contribution in [-0.4, -0.2) is 21.3 Å². The predicted octanol–water partition coefficient (Wildman–Crippen LogP) is 5.97. The fraction of sp³-hybridized carbons (Fsp3) is 0.348. The first-order chi connectivity index (χ1) is 14.0. The number of aromatic nitrogens is 2. The van der Waals surface area contributed by atoms with Gasteiger partial charge in [-0.3, -0.25) is 0 Å². The van der Waals surface area contributed by atoms with Gasteiger partial charge in [-0.15, -0.1) is 0 Å². The molecule has 29 heavy (non-hydrogen) atoms. The van der Waals surface area contributed by atoms with Crippen molar-refractivity contribution in [2.75, 3.05) is 11.9 Å². The third-order valence-electron chi connectivity index (χ3n) is 4.99. The highest BCUT2D eigenvalue weighted by atomic mass is 35.5. The van der Waals surface area contributed by atoms with Gasteiger partial charge in [-0.05, 0) is 55.3 Å². The standard InChI is InChI=1S/C23H28ClN3O2/c1-4-16(3)15-27-21(17-6-9-20(10-7-17)29-5-2)14-26-23(27)25-13-18-12-19(24)8-11-22(18)28/h6-12,14,16,28H,4-5,13,15H2,1-3H3,(H,25,26). The second-order valence-electron chi connectivity index (χ2n) is 7.18. The van der Waals surface area contributed by atoms with Gasteiger partial charge in [-0.1, -0.05) is 31.9 Å². The number of nitrogens with one attached hydrogen (secondary N) is 1. The number of halogens is 1. The topological polar surface area (TPSA) is 59.3 Å². The van der Waals surface area contributed by atoms with Crippen molar-refractivity contribution in [1.82, 2.24) is 9.55 Å². The van der Waals surface area contributed by atoms with E-state index in [0.717, 1.165) is 41.5 Å². The number of anilines is 1. The van der Waals surface area contributed by atoms with Crippen LogP contribution >= 0.6 is 11.6 Å². The van der Waals surface area contributed by atoms with Crippen molar-refractivity contribution in [3.05, 3.63) is 59.2 Å². The maximum atomic E-state index is 10.1. The van der Waals surface area contributed by atoms with E-state index >= 15 is 0 Å². The molecule has 1 aromatic heterocycles. The lowest BCUT2D eigenvalue weighted by molar-refractivity contribution is 0.340. The van der Waals surface area contributed by atoms with Crippen LogP contribution in [0.4, 0.5) is 5.95 Å². The number of hydrogen-bond acceptors (Lipinski definition) is 4. The number of hydrogen-bond donors (Lipinski definition) is 2. The molecule has 2 N–H and O–H groups in total. The first kappa shape index (κ1) is 21.1. The molecule has 3 rings (SSSR count). The van der Waals surface area contributed by atoms with Gasteiger partial charge >= 0.3 is 0 Å². The number of ether oxygens (including phenoxy) is 1. The molecule has 1 atom stereocenters. The second-order valence-corrected chi connectivity index (χ2v) is 7.61. The largest absolute Gasteiger partial charge is 0.508 e. The third-order valence-corrected chi connectivity index (χ3v) is 5.22. The molecule has 0 aliphatic heterocycles. The van der Waals surface area contributed by atoms with Gasteiger partial charge in [-0.2, -0.15) is 0 Å². The lowest BCUT2D eigenvalue weighted by Gasteiger charge is -2.17. The van der Waals surface area contributed by atoms with Crippen molar-refractivity contribution in [3.63, 3.8) is 0 Å². The molecule has 2 aromatic carbocycles. The molecule has 0 aliphatic rings. The lowest BCUT2D eigenvalue weighted by atomic mass is 10.1. The van der Waals surface area contributed by atoms with E-state index in [-0.39, 0.29) is 5.75 Å². The van der Waals surface area contributed by atoms with Gasteiger partial charge in [0.05, 0.1) is 18.5 Å². The Bertz CT molecular complexity index is 938. The van der Waals surface area contributed by atoms with Gasteiger partial charge in [0.15, 0.2) is 0 Å². The molecule has 0 bridgehead atoms. The highest BCUT2D eigenvalue weighted by Crippen LogP contribution is 2.28. The minimum absolute atomic E-state index is 0.216. The number of phenols is 1. The molecule has 1 heterocycles. The molecule has 0 aliphatic carbocycles. The van der Waals surface area contributed by atoms with Crippen molar-refractivity contribution in [2.24, 2.45) is 5.92 Å². The number of rotatable bonds is 9. The predicted molar refractivity (Wildman–Crippen MR) is 119 cm³/mol. The highest BCUT2D eigenvalue weighted by Gasteiger charge is 2.15. The molecular weight excluding hydrogens is 386 g/mol. The number of benzene rings is 2. The molecule has 0 radical (unpaired) electrons. The van der Waals surface area contributed by atoms with Crippen LogP contribution in [0.15, 0.2) is 48.7 Å². The van der Waals surface area contributed by atoms with Crippen LogP contribution in [0.5, 0.6) is 11.5 Å². The summed E-state index contributed by atoms with van der Waals surface area (Å²) in [6, 6.07) is 13.1. The Labute approximate surface area is 177 Å². The van der Waals surface area contributed by atoms with Crippen LogP contribution in [0.2, 0.25) is 5.02 Å². The van der Waals surface area contributed by atoms with E-state index < -0.39 is 0 Å². The van der Waals surface area contributed by atoms with Crippen molar-refractivity contribution in [3.8, 4) is 22.8 Å². The van der Waals surface area contributed by atoms with Crippen molar-refractivity contribution in [2.45, 2.75) is 40.3 Å². The third kappa shape index (κ3) is 5.24. The van der Waals surface area contributed by atoms with Gasteiger partial charge in [-0.25, -0.2) is 4.98 Å². The van der Waals surface area contributed by atoms with Crippen LogP contribution < -0.4 is 10.1 Å². The first-order valence-electron chi connectivity index (χ1n) is 10.0. The summed E-state index contributed by atoms with van der Waals surface area (Å²) in [6.45, 7) is 8.33. The van der Waals surface area contributed by atoms with E-state index in [0.29, 0.717) is 24.1 Å². The van der Waals surface area contributed by atoms with E-state index in [2.05, 4.69) is 40.8 Å². The lowest BCUT2D eigenvalue weighted by Crippen LogP contribution is -2.13. The monoisotopic (exact) mass is 413 g/mol. The highest BCUT2D eigenvalue weighted by molar-refractivity contribution is 6.30. The number of nitrogens with zero attached hydrogens (tertiary/aromatic N) is 2. The Hall–Kier alpha value is -2.66. The summed E-state index contributed by atoms with van der Waals surface area (Å²) in [4.78, 5) is 4.61. The number of imidazole rings is 1. The first-order valence-corrected chi connectivity index (χ1v) is 10.4. The SMILES string of the molecule is CCOc1ccc(-c2cnc(NCc3cc(Cl)ccc3O)n2CC(C)CC)cc1. The van der Waals surface area contributed by atoms with Gasteiger partial charge < -0.3 is 19.7 Å². The summed E-state index contributed by atoms with van der Waals surface area (Å²) < 4.78 is 7.75. The van der Waals surface area contributed by atoms with Crippen LogP contribution in [0.25, 0.3) is 11.3 Å². The Morgan fingerprint density at radius 1 is 1.17 bits per heavy atom. The summed E-state index contributed by atoms with van der Waals surface area (Å²) in [5, 5.41) is 14.0. The molecule has 0 spiro atoms. The number of aromatic hydroxyl groups is 1. The molecule has 0 saturated heterocycles. The van der Waals surface area contributed by atoms with E-state index in [1.54, 1.807) is 18.2 Å². The van der Waals surface area contributed by atoms with Gasteiger partial charge in [0.2, 0.25) is 5.95 Å². The summed E-state index contributed by atoms with van der Waals surface area (Å²) >= 11 is 6.07. The molecule has 1 unspecified atom stereocenters. The van der Waals surface area contributed by atoms with E-state index in [1.807, 2.05) is 25.3 Å². The zero-order chi connectivity index (χ0) is 20.8. The maximum Gasteiger partial charge on any atom is 0.203 e. The maximum absolute atomic E-state index is 10.1. The quantitative estimate of drug-likeness (QED) is 0.454. The fourth-order valence-electron chi connectivity index (χ4n) is 3.13. The summed E-state index contributed by atoms with van der Waals surface area (Å²) in [5.41, 5.74) is 2.87. The van der Waals surface area contributed by atoms with E-state index in [9.17, 15) is 5.11 Å². The Morgan fingerprint density at radius 2 is 1.93 bits per heavy atom. The van der Waals surface area contributed by atoms with Crippen LogP contribution in [-0.2, 0) is 13.1 Å². The zero-order valence-electron chi connectivity index (χ0n) is 17.2. The molecule has 154 valence electrons. The fourth-order valence-corrected chi connectivity index (χ4v) is 3.33. The average Bonchev–Trinajstić information content (AvgIpc) is 3.11. The molecular formula is C23H28ClN3O2. The molecule has 0 amide bonds. The van der Waals surface area contributed by atoms with E-state index in [1.165, 1.54) is 0 Å². The minimum atomic E-state index is 0.216. The molecule has 3 aromatic rings. The van der Waals surface area contributed by atoms with Crippen molar-refractivity contribution >= 4 is 17.5 Å². The average molecular weight is 414 g/mol. The van der Waals surface area contributed by atoms with Gasteiger partial charge in [0.25, 0.3) is 0 Å². The smallest absolute Gasteiger partial charge is 0.203 e. The molecule has 0 fully saturated rings. The Morgan fingerprint density at radius 3 is 2.62 bits per heavy atom. The summed E-state index contributed by atoms with van der Waals surface area (Å²) in [6.07, 6.45) is 2.97. The Kier molecular flexibility index (Phi) is 7.04. The van der Waals surface area contributed by atoms with Crippen LogP contribution in [0.1, 0.15) is 32.8 Å². The van der Waals surface area contributed by atoms with E-state index in [4.69, 9.17) is 16.3 Å². The number of phenolic OH excluding ortho intramolecular Hbond substituents is 1. The van der Waals surface area contributed by atoms with Crippen molar-refractivity contribution in [1.29, 1.82) is 0 Å².